The number of benzene rings is 1. The maximum Gasteiger partial charge on any atom is 0.315 e. The quantitative estimate of drug-likeness (QED) is 0.745. The number of anilines is 1. The summed E-state index contributed by atoms with van der Waals surface area (Å²) >= 11 is 0. The van der Waals surface area contributed by atoms with E-state index < -0.39 is 0 Å². The molecule has 0 aliphatic carbocycles. The number of amides is 2. The molecule has 2 rings (SSSR count). The molecule has 0 saturated carbocycles. The van der Waals surface area contributed by atoms with Gasteiger partial charge in [-0.1, -0.05) is 18.2 Å². The van der Waals surface area contributed by atoms with Crippen LogP contribution in [0.3, 0.4) is 0 Å². The molecule has 5 nitrogen and oxygen atoms in total. The molecular weight excluding hydrogens is 254 g/mol. The van der Waals surface area contributed by atoms with Crippen LogP contribution in [0.15, 0.2) is 30.3 Å². The summed E-state index contributed by atoms with van der Waals surface area (Å²) in [6, 6.07) is 9.87. The highest BCUT2D eigenvalue weighted by Crippen LogP contribution is 2.10. The second kappa shape index (κ2) is 7.75. The Hall–Kier alpha value is -1.75. The lowest BCUT2D eigenvalue weighted by atomic mass is 10.2. The van der Waals surface area contributed by atoms with Gasteiger partial charge in [0.15, 0.2) is 0 Å². The van der Waals surface area contributed by atoms with E-state index in [2.05, 4.69) is 16.0 Å². The summed E-state index contributed by atoms with van der Waals surface area (Å²) in [5, 5.41) is 9.04. The molecule has 5 heteroatoms. The van der Waals surface area contributed by atoms with Crippen molar-refractivity contribution in [2.75, 3.05) is 25.0 Å². The normalized spacial score (nSPS) is 19.4. The molecule has 1 heterocycles. The first-order chi connectivity index (χ1) is 9.74. The summed E-state index contributed by atoms with van der Waals surface area (Å²) in [6.07, 6.45) is 2.30. The highest BCUT2D eigenvalue weighted by atomic mass is 16.5. The van der Waals surface area contributed by atoms with E-state index in [1.54, 1.807) is 0 Å². The van der Waals surface area contributed by atoms with Crippen molar-refractivity contribution in [2.45, 2.75) is 31.9 Å². The minimum Gasteiger partial charge on any atom is -0.383 e. The number of hydrogen-bond donors (Lipinski definition) is 3. The van der Waals surface area contributed by atoms with Gasteiger partial charge >= 0.3 is 6.03 Å². The Bertz CT molecular complexity index is 405. The van der Waals surface area contributed by atoms with Gasteiger partial charge in [-0.2, -0.15) is 0 Å². The van der Waals surface area contributed by atoms with Crippen molar-refractivity contribution < 1.29 is 9.53 Å². The van der Waals surface area contributed by atoms with Gasteiger partial charge in [-0.05, 0) is 31.9 Å². The Morgan fingerprint density at radius 3 is 2.90 bits per heavy atom. The molecule has 0 unspecified atom stereocenters. The van der Waals surface area contributed by atoms with Gasteiger partial charge < -0.3 is 20.7 Å². The zero-order chi connectivity index (χ0) is 14.2. The van der Waals surface area contributed by atoms with Gasteiger partial charge in [0.05, 0.1) is 6.10 Å². The van der Waals surface area contributed by atoms with Crippen molar-refractivity contribution in [1.29, 1.82) is 0 Å². The third-order valence-electron chi connectivity index (χ3n) is 3.28. The van der Waals surface area contributed by atoms with Gasteiger partial charge in [0, 0.05) is 31.4 Å². The Kier molecular flexibility index (Phi) is 5.68. The van der Waals surface area contributed by atoms with E-state index >= 15 is 0 Å². The monoisotopic (exact) mass is 277 g/mol. The highest BCUT2D eigenvalue weighted by molar-refractivity contribution is 5.74. The summed E-state index contributed by atoms with van der Waals surface area (Å²) in [5.74, 6) is 0. The summed E-state index contributed by atoms with van der Waals surface area (Å²) < 4.78 is 5.46. The minimum absolute atomic E-state index is 0.0553. The Labute approximate surface area is 120 Å². The molecule has 1 aliphatic heterocycles. The smallest absolute Gasteiger partial charge is 0.315 e. The van der Waals surface area contributed by atoms with E-state index in [4.69, 9.17) is 4.74 Å². The fraction of sp³-hybridized carbons (Fsp3) is 0.533. The van der Waals surface area contributed by atoms with Crippen LogP contribution in [-0.4, -0.2) is 37.9 Å². The maximum absolute atomic E-state index is 11.7. The van der Waals surface area contributed by atoms with Gasteiger partial charge in [-0.25, -0.2) is 4.79 Å². The van der Waals surface area contributed by atoms with Crippen LogP contribution in [0.25, 0.3) is 0 Å². The SMILES string of the molecule is C[C@@H](CNc1ccccc1)NC(=O)NC[C@@H]1CCCO1. The van der Waals surface area contributed by atoms with Gasteiger partial charge in [0.1, 0.15) is 0 Å². The molecule has 20 heavy (non-hydrogen) atoms. The number of nitrogens with one attached hydrogen (secondary N) is 3. The summed E-state index contributed by atoms with van der Waals surface area (Å²) in [4.78, 5) is 11.7. The maximum atomic E-state index is 11.7. The fourth-order valence-electron chi connectivity index (χ4n) is 2.16. The molecule has 2 atom stereocenters. The van der Waals surface area contributed by atoms with Gasteiger partial charge in [0.25, 0.3) is 0 Å². The molecule has 0 radical (unpaired) electrons. The molecule has 1 aliphatic rings. The number of urea groups is 1. The van der Waals surface area contributed by atoms with Crippen LogP contribution in [0.1, 0.15) is 19.8 Å². The third-order valence-corrected chi connectivity index (χ3v) is 3.28. The van der Waals surface area contributed by atoms with Gasteiger partial charge in [-0.15, -0.1) is 0 Å². The number of para-hydroxylation sites is 1. The molecule has 1 aromatic carbocycles. The number of carbonyl (C=O) groups is 1. The highest BCUT2D eigenvalue weighted by Gasteiger charge is 2.16. The topological polar surface area (TPSA) is 62.4 Å². The van der Waals surface area contributed by atoms with Crippen LogP contribution in [-0.2, 0) is 4.74 Å². The molecule has 0 aromatic heterocycles. The minimum atomic E-state index is -0.136. The molecule has 110 valence electrons. The van der Waals surface area contributed by atoms with E-state index in [0.29, 0.717) is 13.1 Å². The first kappa shape index (κ1) is 14.7. The van der Waals surface area contributed by atoms with Crippen LogP contribution in [0.5, 0.6) is 0 Å². The number of ether oxygens (including phenoxy) is 1. The van der Waals surface area contributed by atoms with Crippen molar-refractivity contribution in [1.82, 2.24) is 10.6 Å². The average molecular weight is 277 g/mol. The predicted octanol–water partition coefficient (Wildman–Crippen LogP) is 1.97. The van der Waals surface area contributed by atoms with Crippen molar-refractivity contribution >= 4 is 11.7 Å². The third kappa shape index (κ3) is 5.09. The summed E-state index contributed by atoms with van der Waals surface area (Å²) in [5.41, 5.74) is 1.06. The Balaban J connectivity index is 1.60. The van der Waals surface area contributed by atoms with Gasteiger partial charge in [0.2, 0.25) is 0 Å². The van der Waals surface area contributed by atoms with E-state index in [0.717, 1.165) is 25.1 Å². The zero-order valence-corrected chi connectivity index (χ0v) is 11.9. The van der Waals surface area contributed by atoms with Gasteiger partial charge in [-0.3, -0.25) is 0 Å². The zero-order valence-electron chi connectivity index (χ0n) is 11.9. The first-order valence-corrected chi connectivity index (χ1v) is 7.19. The molecule has 2 amide bonds. The lowest BCUT2D eigenvalue weighted by Gasteiger charge is -2.17. The number of rotatable bonds is 6. The first-order valence-electron chi connectivity index (χ1n) is 7.19. The summed E-state index contributed by atoms with van der Waals surface area (Å²) in [6.45, 7) is 4.06. The largest absolute Gasteiger partial charge is 0.383 e. The van der Waals surface area contributed by atoms with E-state index in [9.17, 15) is 4.79 Å². The molecule has 0 spiro atoms. The van der Waals surface area contributed by atoms with E-state index in [-0.39, 0.29) is 18.2 Å². The van der Waals surface area contributed by atoms with Crippen molar-refractivity contribution in [3.8, 4) is 0 Å². The lowest BCUT2D eigenvalue weighted by molar-refractivity contribution is 0.111. The Morgan fingerprint density at radius 2 is 2.20 bits per heavy atom. The van der Waals surface area contributed by atoms with Crippen LogP contribution >= 0.6 is 0 Å². The van der Waals surface area contributed by atoms with E-state index in [1.807, 2.05) is 37.3 Å². The van der Waals surface area contributed by atoms with Crippen LogP contribution < -0.4 is 16.0 Å². The molecule has 1 aromatic rings. The number of hydrogen-bond acceptors (Lipinski definition) is 3. The lowest BCUT2D eigenvalue weighted by Crippen LogP contribution is -2.45. The molecule has 0 bridgehead atoms. The second-order valence-corrected chi connectivity index (χ2v) is 5.14. The molecule has 1 saturated heterocycles. The van der Waals surface area contributed by atoms with Crippen LogP contribution in [0.2, 0.25) is 0 Å². The summed E-state index contributed by atoms with van der Waals surface area (Å²) in [7, 11) is 0. The second-order valence-electron chi connectivity index (χ2n) is 5.14. The van der Waals surface area contributed by atoms with Crippen molar-refractivity contribution in [3.63, 3.8) is 0 Å². The van der Waals surface area contributed by atoms with Crippen LogP contribution in [0.4, 0.5) is 10.5 Å². The van der Waals surface area contributed by atoms with Crippen molar-refractivity contribution in [2.24, 2.45) is 0 Å². The molecular formula is C15H23N3O2. The van der Waals surface area contributed by atoms with Crippen molar-refractivity contribution in [3.05, 3.63) is 30.3 Å². The Morgan fingerprint density at radius 1 is 1.40 bits per heavy atom. The predicted molar refractivity (Wildman–Crippen MR) is 79.9 cm³/mol. The molecule has 3 N–H and O–H groups in total. The standard InChI is InChI=1S/C15H23N3O2/c1-12(10-16-13-6-3-2-4-7-13)18-15(19)17-11-14-8-5-9-20-14/h2-4,6-7,12,14,16H,5,8-11H2,1H3,(H2,17,18,19)/t12-,14-/m0/s1. The van der Waals surface area contributed by atoms with Crippen LogP contribution in [0, 0.1) is 0 Å². The fourth-order valence-corrected chi connectivity index (χ4v) is 2.16. The number of carbonyl (C=O) groups excluding carboxylic acids is 1. The molecule has 1 fully saturated rings. The average Bonchev–Trinajstić information content (AvgIpc) is 2.97. The van der Waals surface area contributed by atoms with E-state index in [1.165, 1.54) is 0 Å².